The first-order valence-electron chi connectivity index (χ1n) is 11.5. The number of benzene rings is 2. The molecule has 0 spiro atoms. The Morgan fingerprint density at radius 3 is 2.38 bits per heavy atom. The lowest BCUT2D eigenvalue weighted by atomic mass is 9.76. The van der Waals surface area contributed by atoms with Crippen molar-refractivity contribution < 1.29 is 4.79 Å². The first-order valence-corrected chi connectivity index (χ1v) is 11.5. The lowest BCUT2D eigenvalue weighted by molar-refractivity contribution is -0.128. The normalized spacial score (nSPS) is 14.3. The van der Waals surface area contributed by atoms with Crippen LogP contribution in [0.3, 0.4) is 0 Å². The zero-order chi connectivity index (χ0) is 22.1. The van der Waals surface area contributed by atoms with Crippen molar-refractivity contribution in [3.63, 3.8) is 0 Å². The van der Waals surface area contributed by atoms with Crippen molar-refractivity contribution in [2.75, 3.05) is 20.1 Å². The molecule has 1 saturated heterocycles. The highest BCUT2D eigenvalue weighted by atomic mass is 127. The number of amides is 1. The maximum absolute atomic E-state index is 11.9. The van der Waals surface area contributed by atoms with Gasteiger partial charge in [-0.05, 0) is 36.0 Å². The molecule has 1 aliphatic rings. The summed E-state index contributed by atoms with van der Waals surface area (Å²) in [7, 11) is 1.81. The molecule has 0 atom stereocenters. The molecule has 2 N–H and O–H groups in total. The van der Waals surface area contributed by atoms with Crippen molar-refractivity contribution >= 4 is 35.8 Å². The number of nitrogens with one attached hydrogen (secondary N) is 2. The highest BCUT2D eigenvalue weighted by Gasteiger charge is 2.28. The van der Waals surface area contributed by atoms with E-state index in [9.17, 15) is 4.79 Å². The summed E-state index contributed by atoms with van der Waals surface area (Å²) >= 11 is 0. The van der Waals surface area contributed by atoms with Crippen LogP contribution in [-0.4, -0.2) is 36.9 Å². The van der Waals surface area contributed by atoms with Crippen molar-refractivity contribution in [2.24, 2.45) is 4.99 Å². The number of hydrogen-bond donors (Lipinski definition) is 2. The Hall–Kier alpha value is -2.09. The van der Waals surface area contributed by atoms with Crippen molar-refractivity contribution in [1.82, 2.24) is 15.5 Å². The first kappa shape index (κ1) is 26.2. The Morgan fingerprint density at radius 2 is 1.75 bits per heavy atom. The van der Waals surface area contributed by atoms with E-state index in [2.05, 4.69) is 84.1 Å². The third-order valence-corrected chi connectivity index (χ3v) is 6.55. The molecule has 2 aromatic rings. The van der Waals surface area contributed by atoms with Crippen LogP contribution < -0.4 is 10.6 Å². The average Bonchev–Trinajstić information content (AvgIpc) is 3.22. The summed E-state index contributed by atoms with van der Waals surface area (Å²) in [6.07, 6.45) is 3.79. The Balaban J connectivity index is 0.00000363. The second-order valence-electron chi connectivity index (χ2n) is 8.37. The van der Waals surface area contributed by atoms with Gasteiger partial charge in [0.1, 0.15) is 0 Å². The van der Waals surface area contributed by atoms with Gasteiger partial charge < -0.3 is 15.5 Å². The molecule has 2 aromatic carbocycles. The van der Waals surface area contributed by atoms with Crippen molar-refractivity contribution in [1.29, 1.82) is 0 Å². The van der Waals surface area contributed by atoms with E-state index in [0.717, 1.165) is 38.3 Å². The number of carbonyl (C=O) groups excluding carboxylic acids is 1. The fraction of sp³-hybridized carbons (Fsp3) is 0.462. The minimum absolute atomic E-state index is 0. The predicted octanol–water partition coefficient (Wildman–Crippen LogP) is 4.85. The van der Waals surface area contributed by atoms with Crippen molar-refractivity contribution in [2.45, 2.75) is 58.0 Å². The summed E-state index contributed by atoms with van der Waals surface area (Å²) < 4.78 is 0. The minimum Gasteiger partial charge on any atom is -0.356 e. The van der Waals surface area contributed by atoms with E-state index < -0.39 is 0 Å². The molecule has 1 amide bonds. The van der Waals surface area contributed by atoms with Gasteiger partial charge in [0, 0.05) is 45.1 Å². The van der Waals surface area contributed by atoms with Crippen LogP contribution in [0.5, 0.6) is 0 Å². The van der Waals surface area contributed by atoms with E-state index in [1.165, 1.54) is 16.7 Å². The lowest BCUT2D eigenvalue weighted by Crippen LogP contribution is -2.45. The molecule has 0 radical (unpaired) electrons. The molecule has 0 aromatic heterocycles. The van der Waals surface area contributed by atoms with E-state index in [4.69, 9.17) is 0 Å². The molecule has 1 fully saturated rings. The first-order chi connectivity index (χ1) is 15.1. The van der Waals surface area contributed by atoms with E-state index >= 15 is 0 Å². The molecular weight excluding hydrogens is 511 g/mol. The van der Waals surface area contributed by atoms with Crippen LogP contribution in [0.4, 0.5) is 0 Å². The summed E-state index contributed by atoms with van der Waals surface area (Å²) in [4.78, 5) is 18.3. The molecule has 0 aliphatic carbocycles. The van der Waals surface area contributed by atoms with Gasteiger partial charge in [0.05, 0.1) is 0 Å². The van der Waals surface area contributed by atoms with Crippen molar-refractivity contribution in [3.05, 3.63) is 71.3 Å². The highest BCUT2D eigenvalue weighted by molar-refractivity contribution is 14.0. The van der Waals surface area contributed by atoms with Gasteiger partial charge in [0.2, 0.25) is 5.91 Å². The molecule has 3 rings (SSSR count). The van der Waals surface area contributed by atoms with Gasteiger partial charge in [0.15, 0.2) is 5.96 Å². The second-order valence-corrected chi connectivity index (χ2v) is 8.37. The number of rotatable bonds is 9. The summed E-state index contributed by atoms with van der Waals surface area (Å²) in [5.74, 6) is 1.07. The van der Waals surface area contributed by atoms with Gasteiger partial charge >= 0.3 is 0 Å². The van der Waals surface area contributed by atoms with Gasteiger partial charge in [-0.3, -0.25) is 9.79 Å². The molecule has 174 valence electrons. The Bertz CT molecular complexity index is 880. The van der Waals surface area contributed by atoms with Crippen LogP contribution in [0.15, 0.2) is 59.6 Å². The average molecular weight is 549 g/mol. The molecule has 0 bridgehead atoms. The largest absolute Gasteiger partial charge is 0.356 e. The number of nitrogens with zero attached hydrogens (tertiary/aromatic N) is 2. The fourth-order valence-electron chi connectivity index (χ4n) is 4.39. The standard InChI is InChI=1S/C26H36N4O.HI/c1-4-26(5-2,23-13-7-6-8-14-23)20-29-25(27-3)28-18-21-11-9-12-22(17-21)19-30-16-10-15-24(30)31;/h6-9,11-14,17H,4-5,10,15-16,18-20H2,1-3H3,(H2,27,28,29);1H. The SMILES string of the molecule is CCC(CC)(CNC(=NC)NCc1cccc(CN2CCCC2=O)c1)c1ccccc1.I. The number of halogens is 1. The lowest BCUT2D eigenvalue weighted by Gasteiger charge is -2.33. The van der Waals surface area contributed by atoms with E-state index in [0.29, 0.717) is 19.5 Å². The summed E-state index contributed by atoms with van der Waals surface area (Å²) in [6.45, 7) is 7.61. The van der Waals surface area contributed by atoms with Crippen molar-refractivity contribution in [3.8, 4) is 0 Å². The maximum atomic E-state index is 11.9. The predicted molar refractivity (Wildman–Crippen MR) is 143 cm³/mol. The number of likely N-dealkylation sites (tertiary alicyclic amines) is 1. The van der Waals surface area contributed by atoms with E-state index in [1.54, 1.807) is 0 Å². The fourth-order valence-corrected chi connectivity index (χ4v) is 4.39. The summed E-state index contributed by atoms with van der Waals surface area (Å²) in [5, 5.41) is 6.99. The van der Waals surface area contributed by atoms with Crippen LogP contribution >= 0.6 is 24.0 Å². The molecule has 32 heavy (non-hydrogen) atoms. The number of hydrogen-bond acceptors (Lipinski definition) is 2. The van der Waals surface area contributed by atoms with Gasteiger partial charge in [0.25, 0.3) is 0 Å². The van der Waals surface area contributed by atoms with Crippen LogP contribution in [0.1, 0.15) is 56.2 Å². The quantitative estimate of drug-likeness (QED) is 0.268. The monoisotopic (exact) mass is 548 g/mol. The van der Waals surface area contributed by atoms with Crippen LogP contribution in [0.2, 0.25) is 0 Å². The zero-order valence-corrected chi connectivity index (χ0v) is 21.9. The molecule has 0 saturated carbocycles. The Labute approximate surface area is 210 Å². The molecule has 1 heterocycles. The maximum Gasteiger partial charge on any atom is 0.222 e. The van der Waals surface area contributed by atoms with Gasteiger partial charge in [-0.15, -0.1) is 24.0 Å². The van der Waals surface area contributed by atoms with Crippen LogP contribution in [0, 0.1) is 0 Å². The highest BCUT2D eigenvalue weighted by Crippen LogP contribution is 2.30. The number of guanidine groups is 1. The van der Waals surface area contributed by atoms with Gasteiger partial charge in [-0.1, -0.05) is 68.4 Å². The third-order valence-electron chi connectivity index (χ3n) is 6.55. The second kappa shape index (κ2) is 12.8. The van der Waals surface area contributed by atoms with Gasteiger partial charge in [-0.25, -0.2) is 0 Å². The Morgan fingerprint density at radius 1 is 1.03 bits per heavy atom. The molecular formula is C26H37IN4O. The van der Waals surface area contributed by atoms with Gasteiger partial charge in [-0.2, -0.15) is 0 Å². The topological polar surface area (TPSA) is 56.7 Å². The smallest absolute Gasteiger partial charge is 0.222 e. The summed E-state index contributed by atoms with van der Waals surface area (Å²) in [6, 6.07) is 19.2. The van der Waals surface area contributed by atoms with E-state index in [1.807, 2.05) is 11.9 Å². The van der Waals surface area contributed by atoms with Crippen LogP contribution in [0.25, 0.3) is 0 Å². The van der Waals surface area contributed by atoms with E-state index in [-0.39, 0.29) is 35.3 Å². The number of aliphatic imine (C=N–C) groups is 1. The molecule has 1 aliphatic heterocycles. The molecule has 0 unspecified atom stereocenters. The Kier molecular flexibility index (Phi) is 10.5. The summed E-state index contributed by atoms with van der Waals surface area (Å²) in [5.41, 5.74) is 3.82. The van der Waals surface area contributed by atoms with Crippen LogP contribution in [-0.2, 0) is 23.3 Å². The molecule has 5 nitrogen and oxygen atoms in total. The number of carbonyl (C=O) groups is 1. The molecule has 6 heteroatoms. The zero-order valence-electron chi connectivity index (χ0n) is 19.6. The third kappa shape index (κ3) is 6.70. The minimum atomic E-state index is 0.